The molecule has 0 radical (unpaired) electrons. The van der Waals surface area contributed by atoms with E-state index < -0.39 is 0 Å². The number of benzene rings is 4. The fourth-order valence-corrected chi connectivity index (χ4v) is 6.25. The maximum absolute atomic E-state index is 4.96. The summed E-state index contributed by atoms with van der Waals surface area (Å²) in [7, 11) is 0. The van der Waals surface area contributed by atoms with Crippen LogP contribution in [-0.2, 0) is 17.4 Å². The Hall–Kier alpha value is -4.17. The number of aliphatic imine (C=N–C) groups is 1. The first-order valence-electron chi connectivity index (χ1n) is 13.7. The molecule has 0 bridgehead atoms. The van der Waals surface area contributed by atoms with Crippen molar-refractivity contribution in [1.82, 2.24) is 4.57 Å². The molecule has 1 aliphatic rings. The van der Waals surface area contributed by atoms with E-state index in [1.165, 1.54) is 55.2 Å². The zero-order valence-electron chi connectivity index (χ0n) is 23.7. The van der Waals surface area contributed by atoms with Crippen LogP contribution in [0.5, 0.6) is 0 Å². The molecule has 194 valence electrons. The van der Waals surface area contributed by atoms with E-state index in [4.69, 9.17) is 4.99 Å². The van der Waals surface area contributed by atoms with Gasteiger partial charge in [0, 0.05) is 16.2 Å². The SMILES string of the molecule is C=CC(=C)c1ccc(CN=Cn2c3ccccc3c3cc4c(cc32)-c2ccccc2C4(C)C)cc1C(C)(C)C. The quantitative estimate of drug-likeness (QED) is 0.128. The van der Waals surface area contributed by atoms with Crippen LogP contribution >= 0.6 is 0 Å². The fourth-order valence-electron chi connectivity index (χ4n) is 6.25. The number of para-hydroxylation sites is 1. The molecule has 0 N–H and O–H groups in total. The zero-order valence-corrected chi connectivity index (χ0v) is 23.7. The van der Waals surface area contributed by atoms with Gasteiger partial charge in [0.25, 0.3) is 0 Å². The van der Waals surface area contributed by atoms with Gasteiger partial charge in [0.1, 0.15) is 0 Å². The van der Waals surface area contributed by atoms with Gasteiger partial charge in [0.2, 0.25) is 0 Å². The van der Waals surface area contributed by atoms with Crippen molar-refractivity contribution in [3.8, 4) is 11.1 Å². The third-order valence-corrected chi connectivity index (χ3v) is 8.37. The number of hydrogen-bond acceptors (Lipinski definition) is 1. The first kappa shape index (κ1) is 25.1. The van der Waals surface area contributed by atoms with E-state index in [9.17, 15) is 0 Å². The van der Waals surface area contributed by atoms with Crippen LogP contribution in [0.1, 0.15) is 62.4 Å². The van der Waals surface area contributed by atoms with Crippen LogP contribution < -0.4 is 0 Å². The molecule has 2 heteroatoms. The Morgan fingerprint density at radius 1 is 0.846 bits per heavy atom. The second-order valence-corrected chi connectivity index (χ2v) is 12.3. The Balaban J connectivity index is 1.45. The summed E-state index contributed by atoms with van der Waals surface area (Å²) in [5.74, 6) is 0. The van der Waals surface area contributed by atoms with Gasteiger partial charge < -0.3 is 4.57 Å². The van der Waals surface area contributed by atoms with Gasteiger partial charge in [-0.3, -0.25) is 4.99 Å². The van der Waals surface area contributed by atoms with E-state index >= 15 is 0 Å². The van der Waals surface area contributed by atoms with Gasteiger partial charge in [-0.25, -0.2) is 0 Å². The molecule has 0 unspecified atom stereocenters. The summed E-state index contributed by atoms with van der Waals surface area (Å²) in [5.41, 5.74) is 12.4. The van der Waals surface area contributed by atoms with Crippen molar-refractivity contribution in [2.75, 3.05) is 0 Å². The molecule has 2 nitrogen and oxygen atoms in total. The molecule has 1 aromatic heterocycles. The minimum absolute atomic E-state index is 0.00170. The Morgan fingerprint density at radius 2 is 1.59 bits per heavy atom. The summed E-state index contributed by atoms with van der Waals surface area (Å²) in [6, 6.07) is 28.9. The number of allylic oxidation sites excluding steroid dienone is 2. The molecule has 0 fully saturated rings. The highest BCUT2D eigenvalue weighted by Gasteiger charge is 2.35. The Morgan fingerprint density at radius 3 is 2.36 bits per heavy atom. The second-order valence-electron chi connectivity index (χ2n) is 12.3. The lowest BCUT2D eigenvalue weighted by molar-refractivity contribution is 0.588. The molecular weight excluding hydrogens is 472 g/mol. The van der Waals surface area contributed by atoms with Crippen LogP contribution in [0.2, 0.25) is 0 Å². The molecule has 0 saturated heterocycles. The van der Waals surface area contributed by atoms with Crippen LogP contribution in [0.25, 0.3) is 38.5 Å². The van der Waals surface area contributed by atoms with Crippen molar-refractivity contribution in [3.63, 3.8) is 0 Å². The molecule has 0 atom stereocenters. The van der Waals surface area contributed by atoms with Crippen molar-refractivity contribution in [3.05, 3.63) is 126 Å². The zero-order chi connectivity index (χ0) is 27.5. The van der Waals surface area contributed by atoms with Crippen LogP contribution in [0.4, 0.5) is 0 Å². The van der Waals surface area contributed by atoms with E-state index in [2.05, 4.69) is 131 Å². The lowest BCUT2D eigenvalue weighted by atomic mass is 9.81. The maximum Gasteiger partial charge on any atom is 0.0944 e. The average Bonchev–Trinajstić information content (AvgIpc) is 3.35. The number of fused-ring (bicyclic) bond motifs is 6. The molecule has 4 aromatic carbocycles. The van der Waals surface area contributed by atoms with Crippen LogP contribution in [0.15, 0.2) is 103 Å². The van der Waals surface area contributed by atoms with Crippen molar-refractivity contribution in [1.29, 1.82) is 0 Å². The largest absolute Gasteiger partial charge is 0.300 e. The van der Waals surface area contributed by atoms with Crippen molar-refractivity contribution < 1.29 is 0 Å². The first-order chi connectivity index (χ1) is 18.6. The topological polar surface area (TPSA) is 17.3 Å². The predicted molar refractivity (Wildman–Crippen MR) is 169 cm³/mol. The summed E-state index contributed by atoms with van der Waals surface area (Å²) in [4.78, 5) is 4.96. The summed E-state index contributed by atoms with van der Waals surface area (Å²) in [6.07, 6.45) is 3.84. The minimum Gasteiger partial charge on any atom is -0.300 e. The fraction of sp³-hybridized carbons (Fsp3) is 0.216. The minimum atomic E-state index is -0.0226. The Bertz CT molecular complexity index is 1820. The summed E-state index contributed by atoms with van der Waals surface area (Å²) < 4.78 is 2.26. The molecule has 0 saturated carbocycles. The van der Waals surface area contributed by atoms with Crippen LogP contribution in [0, 0.1) is 0 Å². The third-order valence-electron chi connectivity index (χ3n) is 8.37. The number of nitrogens with zero attached hydrogens (tertiary/aromatic N) is 2. The van der Waals surface area contributed by atoms with E-state index in [0.29, 0.717) is 6.54 Å². The van der Waals surface area contributed by atoms with Gasteiger partial charge >= 0.3 is 0 Å². The highest BCUT2D eigenvalue weighted by molar-refractivity contribution is 6.13. The van der Waals surface area contributed by atoms with Crippen molar-refractivity contribution in [2.45, 2.75) is 52.0 Å². The first-order valence-corrected chi connectivity index (χ1v) is 13.7. The Kier molecular flexibility index (Phi) is 5.77. The van der Waals surface area contributed by atoms with E-state index in [1.54, 1.807) is 0 Å². The summed E-state index contributed by atoms with van der Waals surface area (Å²) in [5, 5.41) is 2.54. The van der Waals surface area contributed by atoms with E-state index in [-0.39, 0.29) is 10.8 Å². The molecule has 0 aliphatic heterocycles. The van der Waals surface area contributed by atoms with Crippen molar-refractivity contribution in [2.24, 2.45) is 4.99 Å². The lowest BCUT2D eigenvalue weighted by Gasteiger charge is -2.24. The molecule has 1 heterocycles. The van der Waals surface area contributed by atoms with Gasteiger partial charge in [-0.1, -0.05) is 115 Å². The highest BCUT2D eigenvalue weighted by atomic mass is 15.0. The summed E-state index contributed by atoms with van der Waals surface area (Å²) >= 11 is 0. The van der Waals surface area contributed by atoms with Crippen molar-refractivity contribution >= 4 is 33.7 Å². The molecular formula is C37H36N2. The van der Waals surface area contributed by atoms with E-state index in [0.717, 1.165) is 11.1 Å². The van der Waals surface area contributed by atoms with Gasteiger partial charge in [-0.2, -0.15) is 0 Å². The monoisotopic (exact) mass is 508 g/mol. The smallest absolute Gasteiger partial charge is 0.0944 e. The molecule has 0 spiro atoms. The number of hydrogen-bond donors (Lipinski definition) is 0. The Labute approximate surface area is 232 Å². The van der Waals surface area contributed by atoms with Gasteiger partial charge in [-0.05, 0) is 68.1 Å². The molecule has 0 amide bonds. The standard InChI is InChI=1S/C37H36N2/c1-8-24(2)26-18-17-25(19-32(26)36(3,4)5)22-38-23-39-34-16-12-10-14-28(34)30-20-33-29(21-35(30)39)27-13-9-11-15-31(27)37(33,6)7/h8-21,23H,1-2,22H2,3-7H3. The predicted octanol–water partition coefficient (Wildman–Crippen LogP) is 9.67. The normalized spacial score (nSPS) is 14.2. The number of aromatic nitrogens is 1. The molecule has 5 aromatic rings. The van der Waals surface area contributed by atoms with Gasteiger partial charge in [-0.15, -0.1) is 0 Å². The second kappa shape index (κ2) is 8.95. The van der Waals surface area contributed by atoms with Gasteiger partial charge in [0.05, 0.1) is 23.9 Å². The lowest BCUT2D eigenvalue weighted by Crippen LogP contribution is -2.14. The molecule has 1 aliphatic carbocycles. The molecule has 6 rings (SSSR count). The average molecular weight is 509 g/mol. The highest BCUT2D eigenvalue weighted by Crippen LogP contribution is 2.50. The van der Waals surface area contributed by atoms with Gasteiger partial charge in [0.15, 0.2) is 0 Å². The number of rotatable bonds is 5. The van der Waals surface area contributed by atoms with Crippen LogP contribution in [-0.4, -0.2) is 10.9 Å². The summed E-state index contributed by atoms with van der Waals surface area (Å²) in [6.45, 7) is 20.1. The van der Waals surface area contributed by atoms with E-state index in [1.807, 2.05) is 12.4 Å². The molecule has 39 heavy (non-hydrogen) atoms. The third kappa shape index (κ3) is 3.98. The maximum atomic E-state index is 4.96. The van der Waals surface area contributed by atoms with Crippen LogP contribution in [0.3, 0.4) is 0 Å².